The van der Waals surface area contributed by atoms with Crippen LogP contribution < -0.4 is 10.5 Å². The van der Waals surface area contributed by atoms with Crippen molar-refractivity contribution in [2.24, 2.45) is 5.14 Å². The van der Waals surface area contributed by atoms with Crippen LogP contribution in [0.4, 0.5) is 5.69 Å². The molecule has 0 bridgehead atoms. The van der Waals surface area contributed by atoms with Gasteiger partial charge in [-0.1, -0.05) is 12.1 Å². The highest BCUT2D eigenvalue weighted by Gasteiger charge is 2.13. The number of nitrogens with two attached hydrogens (primary N) is 1. The minimum absolute atomic E-state index is 0.119. The van der Waals surface area contributed by atoms with Crippen LogP contribution in [-0.4, -0.2) is 26.0 Å². The molecule has 0 aliphatic rings. The summed E-state index contributed by atoms with van der Waals surface area (Å²) in [5.41, 5.74) is 0.183. The highest BCUT2D eigenvalue weighted by Crippen LogP contribution is 2.18. The van der Waals surface area contributed by atoms with Crippen LogP contribution in [0.1, 0.15) is 0 Å². The van der Waals surface area contributed by atoms with Crippen molar-refractivity contribution in [1.82, 2.24) is 0 Å². The van der Waals surface area contributed by atoms with Gasteiger partial charge in [0.25, 0.3) is 0 Å². The number of carboxylic acid groups (broad SMARTS) is 1. The molecule has 1 aromatic carbocycles. The summed E-state index contributed by atoms with van der Waals surface area (Å²) in [5, 5.41) is 15.8. The maximum absolute atomic E-state index is 11.1. The van der Waals surface area contributed by atoms with E-state index in [4.69, 9.17) is 10.2 Å². The second kappa shape index (κ2) is 4.28. The topological polar surface area (TPSA) is 109 Å². The Morgan fingerprint density at radius 3 is 2.53 bits per heavy atom. The largest absolute Gasteiger partial charge is 0.480 e. The molecule has 0 heterocycles. The van der Waals surface area contributed by atoms with E-state index in [1.54, 1.807) is 6.07 Å². The maximum Gasteiger partial charge on any atom is 0.322 e. The Labute approximate surface area is 86.8 Å². The number of carbonyl (C=O) groups is 1. The Balaban J connectivity index is 3.02. The van der Waals surface area contributed by atoms with Gasteiger partial charge in [0, 0.05) is 0 Å². The van der Waals surface area contributed by atoms with Crippen LogP contribution in [0.2, 0.25) is 0 Å². The van der Waals surface area contributed by atoms with Gasteiger partial charge in [-0.15, -0.1) is 0 Å². The minimum Gasteiger partial charge on any atom is -0.480 e. The first-order chi connectivity index (χ1) is 6.91. The van der Waals surface area contributed by atoms with E-state index < -0.39 is 16.0 Å². The number of hydrogen-bond donors (Lipinski definition) is 3. The average molecular weight is 230 g/mol. The number of aliphatic carboxylic acids is 1. The Morgan fingerprint density at radius 2 is 2.00 bits per heavy atom. The van der Waals surface area contributed by atoms with Crippen LogP contribution in [0.5, 0.6) is 0 Å². The number of primary sulfonamides is 1. The number of nitrogens with one attached hydrogen (secondary N) is 1. The SMILES string of the molecule is NS(=O)(=O)c1ccccc1NCC(=O)O. The third kappa shape index (κ3) is 3.22. The van der Waals surface area contributed by atoms with Gasteiger partial charge in [0.15, 0.2) is 0 Å². The zero-order chi connectivity index (χ0) is 11.5. The molecule has 0 aliphatic heterocycles. The third-order valence-corrected chi connectivity index (χ3v) is 2.59. The van der Waals surface area contributed by atoms with Crippen molar-refractivity contribution in [3.8, 4) is 0 Å². The number of anilines is 1. The number of sulfonamides is 1. The smallest absolute Gasteiger partial charge is 0.322 e. The molecule has 4 N–H and O–H groups in total. The first-order valence-corrected chi connectivity index (χ1v) is 5.53. The predicted molar refractivity (Wildman–Crippen MR) is 53.9 cm³/mol. The Morgan fingerprint density at radius 1 is 1.40 bits per heavy atom. The lowest BCUT2D eigenvalue weighted by atomic mass is 10.3. The number of rotatable bonds is 4. The first kappa shape index (κ1) is 11.5. The van der Waals surface area contributed by atoms with Crippen molar-refractivity contribution in [1.29, 1.82) is 0 Å². The number of carboxylic acids is 1. The molecule has 0 spiro atoms. The summed E-state index contributed by atoms with van der Waals surface area (Å²) in [7, 11) is -3.84. The van der Waals surface area contributed by atoms with Crippen molar-refractivity contribution < 1.29 is 18.3 Å². The molecule has 82 valence electrons. The van der Waals surface area contributed by atoms with Gasteiger partial charge in [0.05, 0.1) is 5.69 Å². The lowest BCUT2D eigenvalue weighted by Gasteiger charge is -2.07. The average Bonchev–Trinajstić information content (AvgIpc) is 2.13. The van der Waals surface area contributed by atoms with Gasteiger partial charge >= 0.3 is 5.97 Å². The molecule has 0 saturated carbocycles. The molecular weight excluding hydrogens is 220 g/mol. The van der Waals surface area contributed by atoms with E-state index in [1.807, 2.05) is 0 Å². The van der Waals surface area contributed by atoms with Crippen molar-refractivity contribution in [3.05, 3.63) is 24.3 Å². The molecule has 6 nitrogen and oxygen atoms in total. The Bertz CT molecular complexity index is 469. The van der Waals surface area contributed by atoms with Crippen LogP contribution in [0.3, 0.4) is 0 Å². The molecule has 0 fully saturated rings. The fourth-order valence-corrected chi connectivity index (χ4v) is 1.75. The molecule has 0 saturated heterocycles. The molecular formula is C8H10N2O4S. The van der Waals surface area contributed by atoms with E-state index in [0.29, 0.717) is 0 Å². The van der Waals surface area contributed by atoms with E-state index in [1.165, 1.54) is 18.2 Å². The number of benzene rings is 1. The van der Waals surface area contributed by atoms with Gasteiger partial charge in [-0.25, -0.2) is 13.6 Å². The molecule has 7 heteroatoms. The van der Waals surface area contributed by atoms with Crippen molar-refractivity contribution in [3.63, 3.8) is 0 Å². The first-order valence-electron chi connectivity index (χ1n) is 3.99. The standard InChI is InChI=1S/C8H10N2O4S/c9-15(13,14)7-4-2-1-3-6(7)10-5-8(11)12/h1-4,10H,5H2,(H,11,12)(H2,9,13,14). The lowest BCUT2D eigenvalue weighted by Crippen LogP contribution is -2.18. The van der Waals surface area contributed by atoms with E-state index in [9.17, 15) is 13.2 Å². The Kier molecular flexibility index (Phi) is 3.28. The quantitative estimate of drug-likeness (QED) is 0.665. The van der Waals surface area contributed by atoms with Crippen LogP contribution in [-0.2, 0) is 14.8 Å². The van der Waals surface area contributed by atoms with Gasteiger partial charge in [0.2, 0.25) is 10.0 Å². The van der Waals surface area contributed by atoms with Gasteiger partial charge < -0.3 is 10.4 Å². The van der Waals surface area contributed by atoms with Gasteiger partial charge in [0.1, 0.15) is 11.4 Å². The van der Waals surface area contributed by atoms with Crippen LogP contribution in [0.25, 0.3) is 0 Å². The molecule has 0 amide bonds. The van der Waals surface area contributed by atoms with Crippen molar-refractivity contribution in [2.45, 2.75) is 4.90 Å². The summed E-state index contributed by atoms with van der Waals surface area (Å²) in [6, 6.07) is 5.84. The summed E-state index contributed by atoms with van der Waals surface area (Å²) in [6.07, 6.45) is 0. The molecule has 0 aromatic heterocycles. The zero-order valence-corrected chi connectivity index (χ0v) is 8.49. The molecule has 15 heavy (non-hydrogen) atoms. The van der Waals surface area contributed by atoms with Gasteiger partial charge in [-0.05, 0) is 12.1 Å². The molecule has 0 radical (unpaired) electrons. The predicted octanol–water partition coefficient (Wildman–Crippen LogP) is -0.170. The van der Waals surface area contributed by atoms with E-state index in [-0.39, 0.29) is 17.1 Å². The molecule has 0 atom stereocenters. The number of para-hydroxylation sites is 1. The van der Waals surface area contributed by atoms with Gasteiger partial charge in [-0.3, -0.25) is 4.79 Å². The summed E-state index contributed by atoms with van der Waals surface area (Å²) in [5.74, 6) is -1.08. The molecule has 1 aromatic rings. The van der Waals surface area contributed by atoms with Crippen molar-refractivity contribution in [2.75, 3.05) is 11.9 Å². The highest BCUT2D eigenvalue weighted by atomic mass is 32.2. The summed E-state index contributed by atoms with van der Waals surface area (Å²) >= 11 is 0. The van der Waals surface area contributed by atoms with Crippen LogP contribution >= 0.6 is 0 Å². The van der Waals surface area contributed by atoms with E-state index in [0.717, 1.165) is 0 Å². The van der Waals surface area contributed by atoms with E-state index in [2.05, 4.69) is 5.32 Å². The highest BCUT2D eigenvalue weighted by molar-refractivity contribution is 7.89. The van der Waals surface area contributed by atoms with Crippen LogP contribution in [0, 0.1) is 0 Å². The van der Waals surface area contributed by atoms with Crippen LogP contribution in [0.15, 0.2) is 29.2 Å². The van der Waals surface area contributed by atoms with E-state index >= 15 is 0 Å². The number of hydrogen-bond acceptors (Lipinski definition) is 4. The second-order valence-corrected chi connectivity index (χ2v) is 4.32. The summed E-state index contributed by atoms with van der Waals surface area (Å²) < 4.78 is 22.2. The summed E-state index contributed by atoms with van der Waals surface area (Å²) in [4.78, 5) is 10.2. The third-order valence-electron chi connectivity index (χ3n) is 1.62. The molecule has 1 rings (SSSR count). The Hall–Kier alpha value is -1.60. The fraction of sp³-hybridized carbons (Fsp3) is 0.125. The molecule has 0 unspecified atom stereocenters. The fourth-order valence-electron chi connectivity index (χ4n) is 1.03. The minimum atomic E-state index is -3.84. The monoisotopic (exact) mass is 230 g/mol. The zero-order valence-electron chi connectivity index (χ0n) is 7.67. The maximum atomic E-state index is 11.1. The second-order valence-electron chi connectivity index (χ2n) is 2.79. The van der Waals surface area contributed by atoms with Gasteiger partial charge in [-0.2, -0.15) is 0 Å². The normalized spacial score (nSPS) is 11.0. The van der Waals surface area contributed by atoms with Crippen molar-refractivity contribution >= 4 is 21.7 Å². The molecule has 0 aliphatic carbocycles. The lowest BCUT2D eigenvalue weighted by molar-refractivity contribution is -0.134. The summed E-state index contributed by atoms with van der Waals surface area (Å²) in [6.45, 7) is -0.369.